The molecular weight excluding hydrogens is 323 g/mol. The molecule has 0 atom stereocenters. The molecule has 2 aromatic rings. The van der Waals surface area contributed by atoms with E-state index in [4.69, 9.17) is 4.74 Å². The van der Waals surface area contributed by atoms with E-state index in [0.29, 0.717) is 12.4 Å². The average molecular weight is 355 g/mol. The molecule has 0 spiro atoms. The summed E-state index contributed by atoms with van der Waals surface area (Å²) in [5.74, 6) is 2.16. The van der Waals surface area contributed by atoms with Gasteiger partial charge in [-0.3, -0.25) is 0 Å². The molecule has 0 unspecified atom stereocenters. The van der Waals surface area contributed by atoms with Crippen LogP contribution in [-0.4, -0.2) is 0 Å². The van der Waals surface area contributed by atoms with Crippen molar-refractivity contribution in [3.05, 3.63) is 65.5 Å². The van der Waals surface area contributed by atoms with E-state index in [9.17, 15) is 4.39 Å². The van der Waals surface area contributed by atoms with Crippen LogP contribution in [0.4, 0.5) is 4.39 Å². The molecule has 0 bridgehead atoms. The van der Waals surface area contributed by atoms with Crippen LogP contribution in [0.25, 0.3) is 0 Å². The fraction of sp³-hybridized carbons (Fsp3) is 0.500. The highest BCUT2D eigenvalue weighted by molar-refractivity contribution is 5.27. The molecular formula is C24H31FO. The Bertz CT molecular complexity index is 639. The molecule has 1 fully saturated rings. The van der Waals surface area contributed by atoms with Crippen molar-refractivity contribution < 1.29 is 9.13 Å². The minimum absolute atomic E-state index is 0.234. The van der Waals surface area contributed by atoms with Crippen molar-refractivity contribution in [3.8, 4) is 5.75 Å². The molecule has 0 aliphatic heterocycles. The lowest BCUT2D eigenvalue weighted by Crippen LogP contribution is -2.13. The number of halogens is 1. The zero-order valence-electron chi connectivity index (χ0n) is 15.9. The van der Waals surface area contributed by atoms with Crippen LogP contribution in [0, 0.1) is 11.7 Å². The molecule has 1 aliphatic rings. The average Bonchev–Trinajstić information content (AvgIpc) is 2.69. The van der Waals surface area contributed by atoms with E-state index in [1.54, 1.807) is 12.1 Å². The third kappa shape index (κ3) is 5.59. The highest BCUT2D eigenvalue weighted by Gasteiger charge is 2.21. The smallest absolute Gasteiger partial charge is 0.123 e. The number of hydrogen-bond acceptors (Lipinski definition) is 1. The van der Waals surface area contributed by atoms with Crippen LogP contribution in [0.2, 0.25) is 0 Å². The molecule has 0 N–H and O–H groups in total. The monoisotopic (exact) mass is 354 g/mol. The maximum atomic E-state index is 12.9. The van der Waals surface area contributed by atoms with Gasteiger partial charge in [0.15, 0.2) is 0 Å². The third-order valence-corrected chi connectivity index (χ3v) is 5.73. The van der Waals surface area contributed by atoms with Gasteiger partial charge in [0, 0.05) is 0 Å². The number of unbranched alkanes of at least 4 members (excludes halogenated alkanes) is 2. The molecule has 0 saturated heterocycles. The number of rotatable bonds is 8. The third-order valence-electron chi connectivity index (χ3n) is 5.73. The maximum Gasteiger partial charge on any atom is 0.123 e. The zero-order chi connectivity index (χ0) is 18.2. The lowest BCUT2D eigenvalue weighted by molar-refractivity contribution is 0.301. The normalized spacial score (nSPS) is 20.1. The molecule has 1 nitrogen and oxygen atoms in total. The number of ether oxygens (including phenoxy) is 1. The molecule has 0 heterocycles. The van der Waals surface area contributed by atoms with Gasteiger partial charge in [0.2, 0.25) is 0 Å². The summed E-state index contributed by atoms with van der Waals surface area (Å²) in [4.78, 5) is 0. The van der Waals surface area contributed by atoms with Crippen LogP contribution >= 0.6 is 0 Å². The van der Waals surface area contributed by atoms with Gasteiger partial charge in [0.1, 0.15) is 18.2 Å². The quantitative estimate of drug-likeness (QED) is 0.453. The van der Waals surface area contributed by atoms with Gasteiger partial charge in [-0.05, 0) is 72.9 Å². The molecule has 0 amide bonds. The minimum atomic E-state index is -0.234. The summed E-state index contributed by atoms with van der Waals surface area (Å²) < 4.78 is 18.6. The van der Waals surface area contributed by atoms with Crippen molar-refractivity contribution >= 4 is 0 Å². The van der Waals surface area contributed by atoms with Gasteiger partial charge in [-0.1, -0.05) is 56.9 Å². The summed E-state index contributed by atoms with van der Waals surface area (Å²) in [5, 5.41) is 0. The first-order valence-corrected chi connectivity index (χ1v) is 10.2. The van der Waals surface area contributed by atoms with Crippen LogP contribution in [0.5, 0.6) is 5.75 Å². The van der Waals surface area contributed by atoms with Crippen molar-refractivity contribution in [2.75, 3.05) is 0 Å². The Morgan fingerprint density at radius 3 is 2.23 bits per heavy atom. The van der Waals surface area contributed by atoms with E-state index in [2.05, 4.69) is 31.2 Å². The van der Waals surface area contributed by atoms with E-state index < -0.39 is 0 Å². The van der Waals surface area contributed by atoms with E-state index in [1.807, 2.05) is 0 Å². The van der Waals surface area contributed by atoms with Gasteiger partial charge in [-0.15, -0.1) is 0 Å². The van der Waals surface area contributed by atoms with Gasteiger partial charge in [0.05, 0.1) is 0 Å². The first-order chi connectivity index (χ1) is 12.7. The molecule has 2 heteroatoms. The topological polar surface area (TPSA) is 9.23 Å². The van der Waals surface area contributed by atoms with E-state index in [-0.39, 0.29) is 5.82 Å². The highest BCUT2D eigenvalue weighted by Crippen LogP contribution is 2.37. The van der Waals surface area contributed by atoms with Crippen LogP contribution in [-0.2, 0) is 6.61 Å². The van der Waals surface area contributed by atoms with E-state index in [1.165, 1.54) is 69.1 Å². The molecule has 1 saturated carbocycles. The summed E-state index contributed by atoms with van der Waals surface area (Å²) in [6, 6.07) is 15.1. The van der Waals surface area contributed by atoms with Crippen molar-refractivity contribution in [1.29, 1.82) is 0 Å². The van der Waals surface area contributed by atoms with Gasteiger partial charge in [-0.2, -0.15) is 0 Å². The van der Waals surface area contributed by atoms with Crippen LogP contribution in [0.3, 0.4) is 0 Å². The summed E-state index contributed by atoms with van der Waals surface area (Å²) in [7, 11) is 0. The zero-order valence-corrected chi connectivity index (χ0v) is 15.9. The Hall–Kier alpha value is -1.83. The second kappa shape index (κ2) is 9.75. The Morgan fingerprint density at radius 2 is 1.58 bits per heavy atom. The van der Waals surface area contributed by atoms with E-state index >= 15 is 0 Å². The SMILES string of the molecule is CCCCCC1CCC(c2ccc(COc3ccc(F)cc3)cc2)CC1. The lowest BCUT2D eigenvalue weighted by Gasteiger charge is -2.29. The van der Waals surface area contributed by atoms with Crippen molar-refractivity contribution in [2.24, 2.45) is 5.92 Å². The predicted octanol–water partition coefficient (Wildman–Crippen LogP) is 7.26. The predicted molar refractivity (Wildman–Crippen MR) is 106 cm³/mol. The molecule has 1 aliphatic carbocycles. The second-order valence-corrected chi connectivity index (χ2v) is 7.70. The Morgan fingerprint density at radius 1 is 0.885 bits per heavy atom. The summed E-state index contributed by atoms with van der Waals surface area (Å²) in [5.41, 5.74) is 2.63. The molecule has 0 radical (unpaired) electrons. The molecule has 26 heavy (non-hydrogen) atoms. The Labute approximate surface area is 157 Å². The van der Waals surface area contributed by atoms with Crippen LogP contribution in [0.15, 0.2) is 48.5 Å². The molecule has 3 rings (SSSR count). The van der Waals surface area contributed by atoms with E-state index in [0.717, 1.165) is 17.4 Å². The van der Waals surface area contributed by atoms with Crippen molar-refractivity contribution in [1.82, 2.24) is 0 Å². The van der Waals surface area contributed by atoms with Gasteiger partial charge >= 0.3 is 0 Å². The maximum absolute atomic E-state index is 12.9. The summed E-state index contributed by atoms with van der Waals surface area (Å²) in [6.45, 7) is 2.81. The van der Waals surface area contributed by atoms with Crippen LogP contribution < -0.4 is 4.74 Å². The number of benzene rings is 2. The largest absolute Gasteiger partial charge is 0.489 e. The van der Waals surface area contributed by atoms with Gasteiger partial charge < -0.3 is 4.74 Å². The fourth-order valence-electron chi connectivity index (χ4n) is 4.05. The summed E-state index contributed by atoms with van der Waals surface area (Å²) in [6.07, 6.45) is 11.0. The Balaban J connectivity index is 1.45. The molecule has 140 valence electrons. The van der Waals surface area contributed by atoms with Gasteiger partial charge in [0.25, 0.3) is 0 Å². The van der Waals surface area contributed by atoms with Crippen molar-refractivity contribution in [2.45, 2.75) is 70.8 Å². The number of hydrogen-bond donors (Lipinski definition) is 0. The fourth-order valence-corrected chi connectivity index (χ4v) is 4.05. The Kier molecular flexibility index (Phi) is 7.11. The minimum Gasteiger partial charge on any atom is -0.489 e. The standard InChI is InChI=1S/C24H31FO/c1-2-3-4-5-19-6-10-21(11-7-19)22-12-8-20(9-13-22)18-26-24-16-14-23(25)15-17-24/h8-9,12-17,19,21H,2-7,10-11,18H2,1H3. The first-order valence-electron chi connectivity index (χ1n) is 10.2. The highest BCUT2D eigenvalue weighted by atomic mass is 19.1. The lowest BCUT2D eigenvalue weighted by atomic mass is 9.77. The van der Waals surface area contributed by atoms with Crippen LogP contribution in [0.1, 0.15) is 75.3 Å². The van der Waals surface area contributed by atoms with Gasteiger partial charge in [-0.25, -0.2) is 4.39 Å². The van der Waals surface area contributed by atoms with Crippen molar-refractivity contribution in [3.63, 3.8) is 0 Å². The molecule has 2 aromatic carbocycles. The first kappa shape index (κ1) is 18.9. The second-order valence-electron chi connectivity index (χ2n) is 7.70. The molecule has 0 aromatic heterocycles. The summed E-state index contributed by atoms with van der Waals surface area (Å²) >= 11 is 0.